The van der Waals surface area contributed by atoms with Crippen molar-refractivity contribution in [2.45, 2.75) is 6.42 Å². The Hall–Kier alpha value is -2.70. The minimum Gasteiger partial charge on any atom is -0.314 e. The number of anilines is 1. The topological polar surface area (TPSA) is 39.7 Å². The highest BCUT2D eigenvalue weighted by molar-refractivity contribution is 7.11. The molecule has 4 rings (SSSR count). The summed E-state index contributed by atoms with van der Waals surface area (Å²) < 4.78 is 4.76. The van der Waals surface area contributed by atoms with Crippen LogP contribution in [0.25, 0.3) is 11.1 Å². The molecule has 0 N–H and O–H groups in total. The molecule has 27 heavy (non-hydrogen) atoms. The van der Waals surface area contributed by atoms with Gasteiger partial charge in [0.1, 0.15) is 5.00 Å². The van der Waals surface area contributed by atoms with Crippen molar-refractivity contribution >= 4 is 22.6 Å². The zero-order valence-corrected chi connectivity index (χ0v) is 16.3. The summed E-state index contributed by atoms with van der Waals surface area (Å²) in [5.41, 5.74) is 4.37. The zero-order valence-electron chi connectivity index (χ0n) is 15.5. The van der Waals surface area contributed by atoms with E-state index in [-0.39, 0.29) is 6.03 Å². The SMILES string of the molecule is CN1CN(C)C(=O)N(c2snc(Cc3ccccc3)c2-c2ccccc2)C1. The van der Waals surface area contributed by atoms with Crippen LogP contribution in [0.15, 0.2) is 60.7 Å². The number of nitrogens with zero attached hydrogens (tertiary/aromatic N) is 4. The summed E-state index contributed by atoms with van der Waals surface area (Å²) in [5.74, 6) is 0. The molecule has 1 fully saturated rings. The van der Waals surface area contributed by atoms with Gasteiger partial charge in [0.15, 0.2) is 0 Å². The van der Waals surface area contributed by atoms with Gasteiger partial charge in [-0.25, -0.2) is 4.79 Å². The Morgan fingerprint density at radius 1 is 0.963 bits per heavy atom. The Morgan fingerprint density at radius 3 is 2.33 bits per heavy atom. The average molecular weight is 379 g/mol. The fourth-order valence-corrected chi connectivity index (χ4v) is 4.34. The maximum Gasteiger partial charge on any atom is 0.327 e. The van der Waals surface area contributed by atoms with E-state index in [1.807, 2.05) is 55.4 Å². The summed E-state index contributed by atoms with van der Waals surface area (Å²) in [4.78, 5) is 18.5. The number of hydrogen-bond acceptors (Lipinski definition) is 4. The van der Waals surface area contributed by atoms with Crippen molar-refractivity contribution < 1.29 is 4.79 Å². The molecule has 5 nitrogen and oxygen atoms in total. The van der Waals surface area contributed by atoms with Crippen LogP contribution >= 0.6 is 11.5 Å². The lowest BCUT2D eigenvalue weighted by molar-refractivity contribution is 0.149. The standard InChI is InChI=1S/C21H22N4OS/c1-23-14-24(2)21(26)25(15-23)20-19(17-11-7-4-8-12-17)18(22-27-20)13-16-9-5-3-6-10-16/h3-12H,13-15H2,1-2H3. The second kappa shape index (κ2) is 7.50. The van der Waals surface area contributed by atoms with Gasteiger partial charge in [-0.1, -0.05) is 60.7 Å². The molecule has 3 aromatic rings. The monoisotopic (exact) mass is 378 g/mol. The lowest BCUT2D eigenvalue weighted by Gasteiger charge is -2.38. The molecule has 1 aromatic heterocycles. The van der Waals surface area contributed by atoms with Gasteiger partial charge in [0.05, 0.1) is 19.0 Å². The molecule has 0 spiro atoms. The Kier molecular flexibility index (Phi) is 4.92. The van der Waals surface area contributed by atoms with Crippen LogP contribution in [-0.2, 0) is 6.42 Å². The first-order valence-corrected chi connectivity index (χ1v) is 9.70. The summed E-state index contributed by atoms with van der Waals surface area (Å²) in [6, 6.07) is 20.6. The van der Waals surface area contributed by atoms with Crippen LogP contribution in [-0.4, -0.2) is 47.6 Å². The van der Waals surface area contributed by atoms with Gasteiger partial charge in [-0.2, -0.15) is 4.37 Å². The molecule has 2 heterocycles. The van der Waals surface area contributed by atoms with E-state index < -0.39 is 0 Å². The molecule has 138 valence electrons. The van der Waals surface area contributed by atoms with E-state index in [9.17, 15) is 4.79 Å². The normalized spacial score (nSPS) is 15.4. The molecule has 1 saturated heterocycles. The van der Waals surface area contributed by atoms with E-state index in [1.165, 1.54) is 17.1 Å². The number of carbonyl (C=O) groups is 1. The van der Waals surface area contributed by atoms with Gasteiger partial charge < -0.3 is 4.90 Å². The van der Waals surface area contributed by atoms with Crippen molar-refractivity contribution in [2.24, 2.45) is 0 Å². The van der Waals surface area contributed by atoms with E-state index in [2.05, 4.69) is 29.2 Å². The molecule has 2 aromatic carbocycles. The molecule has 0 saturated carbocycles. The average Bonchev–Trinajstić information content (AvgIpc) is 3.09. The van der Waals surface area contributed by atoms with Gasteiger partial charge in [0, 0.05) is 19.0 Å². The van der Waals surface area contributed by atoms with Gasteiger partial charge in [-0.05, 0) is 29.7 Å². The van der Waals surface area contributed by atoms with Crippen molar-refractivity contribution in [1.82, 2.24) is 14.2 Å². The van der Waals surface area contributed by atoms with Crippen LogP contribution in [0.1, 0.15) is 11.3 Å². The number of amides is 2. The van der Waals surface area contributed by atoms with E-state index >= 15 is 0 Å². The van der Waals surface area contributed by atoms with Gasteiger partial charge >= 0.3 is 6.03 Å². The molecule has 1 aliphatic heterocycles. The van der Waals surface area contributed by atoms with Crippen molar-refractivity contribution in [1.29, 1.82) is 0 Å². The quantitative estimate of drug-likeness (QED) is 0.686. The van der Waals surface area contributed by atoms with Gasteiger partial charge in [-0.15, -0.1) is 0 Å². The maximum atomic E-state index is 12.8. The predicted molar refractivity (Wildman–Crippen MR) is 110 cm³/mol. The highest BCUT2D eigenvalue weighted by Crippen LogP contribution is 2.39. The smallest absolute Gasteiger partial charge is 0.314 e. The summed E-state index contributed by atoms with van der Waals surface area (Å²) in [5, 5.41) is 0.913. The van der Waals surface area contributed by atoms with Crippen LogP contribution in [0, 0.1) is 0 Å². The highest BCUT2D eigenvalue weighted by Gasteiger charge is 2.31. The van der Waals surface area contributed by atoms with E-state index in [0.29, 0.717) is 13.3 Å². The molecule has 6 heteroatoms. The van der Waals surface area contributed by atoms with Gasteiger partial charge in [0.25, 0.3) is 0 Å². The predicted octanol–water partition coefficient (Wildman–Crippen LogP) is 4.12. The minimum absolute atomic E-state index is 0.0141. The zero-order chi connectivity index (χ0) is 18.8. The molecule has 0 bridgehead atoms. The van der Waals surface area contributed by atoms with Crippen LogP contribution < -0.4 is 4.90 Å². The first-order valence-electron chi connectivity index (χ1n) is 8.92. The van der Waals surface area contributed by atoms with Crippen molar-refractivity contribution in [3.05, 3.63) is 71.9 Å². The largest absolute Gasteiger partial charge is 0.327 e. The number of benzene rings is 2. The third-order valence-corrected chi connectivity index (χ3v) is 5.57. The number of rotatable bonds is 4. The maximum absolute atomic E-state index is 12.8. The lowest BCUT2D eigenvalue weighted by Crippen LogP contribution is -2.55. The molecule has 0 atom stereocenters. The summed E-state index contributed by atoms with van der Waals surface area (Å²) in [6.45, 7) is 1.20. The van der Waals surface area contributed by atoms with E-state index in [4.69, 9.17) is 4.37 Å². The first kappa shape index (κ1) is 17.7. The Balaban J connectivity index is 1.79. The van der Waals surface area contributed by atoms with Crippen LogP contribution in [0.4, 0.5) is 9.80 Å². The van der Waals surface area contributed by atoms with Crippen molar-refractivity contribution in [3.63, 3.8) is 0 Å². The van der Waals surface area contributed by atoms with Crippen LogP contribution in [0.2, 0.25) is 0 Å². The minimum atomic E-state index is 0.0141. The fraction of sp³-hybridized carbons (Fsp3) is 0.238. The van der Waals surface area contributed by atoms with Crippen molar-refractivity contribution in [3.8, 4) is 11.1 Å². The molecule has 0 unspecified atom stereocenters. The summed E-state index contributed by atoms with van der Waals surface area (Å²) >= 11 is 1.41. The molecule has 2 amide bonds. The molecule has 0 aliphatic carbocycles. The highest BCUT2D eigenvalue weighted by atomic mass is 32.1. The molecular weight excluding hydrogens is 356 g/mol. The number of urea groups is 1. The van der Waals surface area contributed by atoms with Gasteiger partial charge in [0.2, 0.25) is 0 Å². The lowest BCUT2D eigenvalue weighted by atomic mass is 10.0. The molecule has 0 radical (unpaired) electrons. The second-order valence-electron chi connectivity index (χ2n) is 6.89. The summed E-state index contributed by atoms with van der Waals surface area (Å²) in [6.07, 6.45) is 0.745. The van der Waals surface area contributed by atoms with E-state index in [1.54, 1.807) is 4.90 Å². The Bertz CT molecular complexity index is 926. The van der Waals surface area contributed by atoms with Crippen LogP contribution in [0.5, 0.6) is 0 Å². The Morgan fingerprint density at radius 2 is 1.63 bits per heavy atom. The van der Waals surface area contributed by atoms with E-state index in [0.717, 1.165) is 28.2 Å². The Labute approximate surface area is 163 Å². The third-order valence-electron chi connectivity index (χ3n) is 4.66. The summed E-state index contributed by atoms with van der Waals surface area (Å²) in [7, 11) is 3.85. The number of carbonyl (C=O) groups excluding carboxylic acids is 1. The fourth-order valence-electron chi connectivity index (χ4n) is 3.43. The van der Waals surface area contributed by atoms with Gasteiger partial charge in [-0.3, -0.25) is 9.80 Å². The van der Waals surface area contributed by atoms with Crippen molar-refractivity contribution in [2.75, 3.05) is 32.3 Å². The van der Waals surface area contributed by atoms with Crippen LogP contribution in [0.3, 0.4) is 0 Å². The number of hydrogen-bond donors (Lipinski definition) is 0. The molecular formula is C21H22N4OS. The second-order valence-corrected chi connectivity index (χ2v) is 7.64. The first-order chi connectivity index (χ1) is 13.1. The third kappa shape index (κ3) is 3.59. The molecule has 1 aliphatic rings. The number of aromatic nitrogens is 1.